The summed E-state index contributed by atoms with van der Waals surface area (Å²) in [5.74, 6) is 0. The number of rotatable bonds is 5. The minimum atomic E-state index is -0.174. The van der Waals surface area contributed by atoms with Crippen molar-refractivity contribution in [1.29, 1.82) is 0 Å². The molecule has 0 saturated heterocycles. The Labute approximate surface area is 551 Å². The van der Waals surface area contributed by atoms with Crippen molar-refractivity contribution in [2.24, 2.45) is 0 Å². The molecule has 92 heavy (non-hydrogen) atoms. The van der Waals surface area contributed by atoms with Crippen LogP contribution in [0.2, 0.25) is 0 Å². The van der Waals surface area contributed by atoms with E-state index in [0.29, 0.717) is 0 Å². The molecule has 2 aliphatic heterocycles. The number of thiophene rings is 2. The highest BCUT2D eigenvalue weighted by Gasteiger charge is 2.46. The van der Waals surface area contributed by atoms with Gasteiger partial charge in [-0.05, 0) is 173 Å². The van der Waals surface area contributed by atoms with Crippen molar-refractivity contribution >= 4 is 142 Å². The van der Waals surface area contributed by atoms with Crippen LogP contribution in [-0.2, 0) is 27.1 Å². The largest absolute Gasteiger partial charge is 0.311 e. The van der Waals surface area contributed by atoms with Gasteiger partial charge in [0.15, 0.2) is 0 Å². The van der Waals surface area contributed by atoms with E-state index in [1.54, 1.807) is 0 Å². The van der Waals surface area contributed by atoms with Crippen molar-refractivity contribution in [2.45, 2.75) is 131 Å². The molecule has 11 aromatic carbocycles. The van der Waals surface area contributed by atoms with Crippen LogP contribution in [0.3, 0.4) is 0 Å². The lowest BCUT2D eigenvalue weighted by atomic mass is 9.33. The summed E-state index contributed by atoms with van der Waals surface area (Å²) >= 11 is 3.88. The van der Waals surface area contributed by atoms with Crippen molar-refractivity contribution < 1.29 is 0 Å². The van der Waals surface area contributed by atoms with Crippen molar-refractivity contribution in [2.75, 3.05) is 9.80 Å². The zero-order valence-electron chi connectivity index (χ0n) is 55.9. The molecule has 0 aliphatic carbocycles. The highest BCUT2D eigenvalue weighted by atomic mass is 32.1. The lowest BCUT2D eigenvalue weighted by Gasteiger charge is -2.45. The summed E-state index contributed by atoms with van der Waals surface area (Å²) in [6.45, 7) is 34.9. The first-order valence-electron chi connectivity index (χ1n) is 33.0. The minimum Gasteiger partial charge on any atom is -0.311 e. The molecular formula is C86H80BN3S2. The first-order chi connectivity index (χ1) is 43.8. The van der Waals surface area contributed by atoms with Gasteiger partial charge in [0, 0.05) is 80.3 Å². The molecular weight excluding hydrogens is 1150 g/mol. The summed E-state index contributed by atoms with van der Waals surface area (Å²) in [6.07, 6.45) is 0. The summed E-state index contributed by atoms with van der Waals surface area (Å²) in [4.78, 5) is 5.45. The van der Waals surface area contributed by atoms with Gasteiger partial charge in [-0.2, -0.15) is 0 Å². The summed E-state index contributed by atoms with van der Waals surface area (Å²) in [5.41, 5.74) is 25.9. The van der Waals surface area contributed by atoms with Crippen LogP contribution in [0, 0.1) is 0 Å². The highest BCUT2D eigenvalue weighted by molar-refractivity contribution is 7.27. The third-order valence-electron chi connectivity index (χ3n) is 20.2. The number of hydrogen-bond acceptors (Lipinski definition) is 4. The molecule has 0 fully saturated rings. The van der Waals surface area contributed by atoms with Crippen molar-refractivity contribution in [3.8, 4) is 27.9 Å². The van der Waals surface area contributed by atoms with E-state index in [-0.39, 0.29) is 33.8 Å². The van der Waals surface area contributed by atoms with Gasteiger partial charge >= 0.3 is 0 Å². The molecule has 0 N–H and O–H groups in total. The summed E-state index contributed by atoms with van der Waals surface area (Å²) in [7, 11) is 0. The molecule has 0 radical (unpaired) electrons. The van der Waals surface area contributed by atoms with E-state index in [0.717, 1.165) is 5.69 Å². The minimum absolute atomic E-state index is 0.00114. The first kappa shape index (κ1) is 58.4. The molecule has 6 heteroatoms. The number of nitrogens with zero attached hydrogens (tertiary/aromatic N) is 3. The Morgan fingerprint density at radius 1 is 0.304 bits per heavy atom. The zero-order chi connectivity index (χ0) is 63.9. The Hall–Kier alpha value is -8.68. The molecule has 3 aromatic heterocycles. The summed E-state index contributed by atoms with van der Waals surface area (Å²) < 4.78 is 7.72. The van der Waals surface area contributed by atoms with Crippen LogP contribution in [0.5, 0.6) is 0 Å². The third-order valence-corrected chi connectivity index (χ3v) is 22.5. The van der Waals surface area contributed by atoms with Gasteiger partial charge in [0.05, 0.1) is 32.8 Å². The SMILES string of the molecule is CC(C)(C)c1ccc(-c2cc(C(C)(C)C)ccc2N2c3cc4c(cc3B3c5cc(-n6c7ccccc7c7ccccc76)ccc5N(c5ccc(C(C)(C)C)cc5-c5ccc(C(C)(C)C)cc5)c5c3c2cc2c5sc3ccccc32)sc2ccc(C(C)(C)C)cc24)cc1. The normalized spacial score (nSPS) is 13.8. The fourth-order valence-electron chi connectivity index (χ4n) is 15.0. The van der Waals surface area contributed by atoms with E-state index in [9.17, 15) is 0 Å². The molecule has 16 rings (SSSR count). The Morgan fingerprint density at radius 2 is 0.750 bits per heavy atom. The predicted octanol–water partition coefficient (Wildman–Crippen LogP) is 23.4. The maximum absolute atomic E-state index is 2.72. The summed E-state index contributed by atoms with van der Waals surface area (Å²) in [5, 5.41) is 7.67. The first-order valence-corrected chi connectivity index (χ1v) is 34.6. The van der Waals surface area contributed by atoms with Crippen LogP contribution in [0.25, 0.3) is 90.1 Å². The highest BCUT2D eigenvalue weighted by Crippen LogP contribution is 2.55. The van der Waals surface area contributed by atoms with Gasteiger partial charge in [0.1, 0.15) is 0 Å². The molecule has 0 spiro atoms. The van der Waals surface area contributed by atoms with E-state index in [1.165, 1.54) is 163 Å². The predicted molar refractivity (Wildman–Crippen MR) is 405 cm³/mol. The summed E-state index contributed by atoms with van der Waals surface area (Å²) in [6, 6.07) is 83.4. The smallest absolute Gasteiger partial charge is 0.252 e. The Morgan fingerprint density at radius 3 is 1.32 bits per heavy atom. The molecule has 0 amide bonds. The van der Waals surface area contributed by atoms with Crippen LogP contribution in [0.4, 0.5) is 34.1 Å². The number of anilines is 6. The molecule has 0 bridgehead atoms. The van der Waals surface area contributed by atoms with Gasteiger partial charge in [0.2, 0.25) is 0 Å². The number of fused-ring (bicyclic) bond motifs is 14. The maximum Gasteiger partial charge on any atom is 0.252 e. The van der Waals surface area contributed by atoms with E-state index in [2.05, 4.69) is 331 Å². The van der Waals surface area contributed by atoms with Gasteiger partial charge in [-0.1, -0.05) is 225 Å². The topological polar surface area (TPSA) is 11.4 Å². The molecule has 0 atom stereocenters. The lowest BCUT2D eigenvalue weighted by molar-refractivity contribution is 0.589. The van der Waals surface area contributed by atoms with Gasteiger partial charge in [-0.3, -0.25) is 0 Å². The van der Waals surface area contributed by atoms with Crippen molar-refractivity contribution in [3.05, 3.63) is 240 Å². The van der Waals surface area contributed by atoms with Crippen LogP contribution < -0.4 is 26.2 Å². The standard InChI is InChI=1S/C86H80BN3S2/c1-82(2,3)53-32-28-51(29-33-53)62-44-55(84(7,8)9)36-40-71(62)89-74-48-65-64-46-57(86(13,14)15)38-43-77(64)91-78(65)50-68(74)87-67-47-58(88-69-25-19-16-22-59(69)60-23-17-20-26-70(60)88)39-42-73(67)90(80-79(87)75(89)49-66-61-24-18-21-27-76(61)92-81(66)80)72-41-37-56(85(10,11)12)45-63(72)52-30-34-54(35-31-52)83(4,5)6/h16-50H,1-15H3. The number of para-hydroxylation sites is 2. The van der Waals surface area contributed by atoms with Crippen LogP contribution in [0.1, 0.15) is 132 Å². The van der Waals surface area contributed by atoms with E-state index >= 15 is 0 Å². The third kappa shape index (κ3) is 9.24. The fraction of sp³-hybridized carbons (Fsp3) is 0.233. The van der Waals surface area contributed by atoms with Gasteiger partial charge in [-0.15, -0.1) is 22.7 Å². The number of benzene rings is 11. The zero-order valence-corrected chi connectivity index (χ0v) is 57.6. The Balaban J connectivity index is 1.09. The van der Waals surface area contributed by atoms with E-state index in [1.807, 2.05) is 22.7 Å². The van der Waals surface area contributed by atoms with Crippen LogP contribution >= 0.6 is 22.7 Å². The van der Waals surface area contributed by atoms with E-state index in [4.69, 9.17) is 0 Å². The molecule has 0 unspecified atom stereocenters. The van der Waals surface area contributed by atoms with Gasteiger partial charge in [-0.25, -0.2) is 0 Å². The Bertz CT molecular complexity index is 5310. The quantitative estimate of drug-likeness (QED) is 0.159. The average Bonchev–Trinajstić information content (AvgIpc) is 1.11. The lowest BCUT2D eigenvalue weighted by Crippen LogP contribution is -2.61. The van der Waals surface area contributed by atoms with Crippen molar-refractivity contribution in [3.63, 3.8) is 0 Å². The molecule has 14 aromatic rings. The Kier molecular flexibility index (Phi) is 13.0. The monoisotopic (exact) mass is 1230 g/mol. The van der Waals surface area contributed by atoms with E-state index < -0.39 is 0 Å². The second-order valence-corrected chi connectivity index (χ2v) is 33.6. The van der Waals surface area contributed by atoms with Crippen LogP contribution in [-0.4, -0.2) is 11.3 Å². The fourth-order valence-corrected chi connectivity index (χ4v) is 17.3. The average molecular weight is 1230 g/mol. The maximum atomic E-state index is 2.72. The molecule has 5 heterocycles. The molecule has 3 nitrogen and oxygen atoms in total. The molecule has 0 saturated carbocycles. The van der Waals surface area contributed by atoms with Gasteiger partial charge in [0.25, 0.3) is 6.71 Å². The second-order valence-electron chi connectivity index (χ2n) is 31.4. The number of hydrogen-bond donors (Lipinski definition) is 0. The van der Waals surface area contributed by atoms with Gasteiger partial charge < -0.3 is 14.4 Å². The van der Waals surface area contributed by atoms with Crippen molar-refractivity contribution in [1.82, 2.24) is 4.57 Å². The number of aromatic nitrogens is 1. The molecule has 454 valence electrons. The second kappa shape index (κ2) is 20.4. The molecule has 2 aliphatic rings. The van der Waals surface area contributed by atoms with Crippen LogP contribution in [0.15, 0.2) is 212 Å².